The van der Waals surface area contributed by atoms with Crippen molar-refractivity contribution < 1.29 is 4.79 Å². The van der Waals surface area contributed by atoms with Crippen molar-refractivity contribution in [3.05, 3.63) is 0 Å². The highest BCUT2D eigenvalue weighted by atomic mass is 16.1. The van der Waals surface area contributed by atoms with Crippen LogP contribution in [0.25, 0.3) is 0 Å². The fraction of sp³-hybridized carbons (Fsp3) is 0.950. The van der Waals surface area contributed by atoms with Crippen molar-refractivity contribution in [1.82, 2.24) is 0 Å². The van der Waals surface area contributed by atoms with Gasteiger partial charge in [0.25, 0.3) is 0 Å². The first-order chi connectivity index (χ1) is 10.2. The lowest BCUT2D eigenvalue weighted by molar-refractivity contribution is -0.111. The largest absolute Gasteiger partial charge is 0.303 e. The van der Waals surface area contributed by atoms with Gasteiger partial charge in [0.2, 0.25) is 0 Å². The minimum atomic E-state index is 0.321. The molecule has 2 atom stereocenters. The smallest absolute Gasteiger partial charge is 0.123 e. The van der Waals surface area contributed by atoms with Gasteiger partial charge in [-0.1, -0.05) is 97.8 Å². The van der Waals surface area contributed by atoms with E-state index in [4.69, 9.17) is 0 Å². The average Bonchev–Trinajstić information content (AvgIpc) is 2.49. The summed E-state index contributed by atoms with van der Waals surface area (Å²) < 4.78 is 0. The topological polar surface area (TPSA) is 17.1 Å². The zero-order chi connectivity index (χ0) is 15.8. The maximum absolute atomic E-state index is 11.2. The summed E-state index contributed by atoms with van der Waals surface area (Å²) in [6, 6.07) is 0. The summed E-state index contributed by atoms with van der Waals surface area (Å²) >= 11 is 0. The molecule has 0 N–H and O–H groups in total. The van der Waals surface area contributed by atoms with Crippen LogP contribution in [0.4, 0.5) is 0 Å². The highest BCUT2D eigenvalue weighted by Crippen LogP contribution is 2.22. The molecule has 0 saturated carbocycles. The molecule has 0 aliphatic heterocycles. The summed E-state index contributed by atoms with van der Waals surface area (Å²) in [5, 5.41) is 0. The van der Waals surface area contributed by atoms with Crippen molar-refractivity contribution in [1.29, 1.82) is 0 Å². The lowest BCUT2D eigenvalue weighted by Gasteiger charge is -2.16. The monoisotopic (exact) mass is 296 g/mol. The first kappa shape index (κ1) is 20.7. The standard InChI is InChI=1S/C20H40O/c1-4-6-8-10-11-12-13-15-19(3)17-20(18-21)16-14-9-7-5-2/h18-20H,4-17H2,1-3H3. The van der Waals surface area contributed by atoms with Crippen molar-refractivity contribution in [3.8, 4) is 0 Å². The Kier molecular flexibility index (Phi) is 15.8. The quantitative estimate of drug-likeness (QED) is 0.223. The number of hydrogen-bond acceptors (Lipinski definition) is 1. The van der Waals surface area contributed by atoms with E-state index in [1.54, 1.807) is 0 Å². The van der Waals surface area contributed by atoms with Gasteiger partial charge in [-0.25, -0.2) is 0 Å². The first-order valence-corrected chi connectivity index (χ1v) is 9.69. The molecule has 0 rings (SSSR count). The minimum Gasteiger partial charge on any atom is -0.303 e. The summed E-state index contributed by atoms with van der Waals surface area (Å²) in [6.07, 6.45) is 19.6. The first-order valence-electron chi connectivity index (χ1n) is 9.69. The van der Waals surface area contributed by atoms with E-state index in [1.165, 1.54) is 83.3 Å². The highest BCUT2D eigenvalue weighted by Gasteiger charge is 2.12. The summed E-state index contributed by atoms with van der Waals surface area (Å²) in [4.78, 5) is 11.2. The Hall–Kier alpha value is -0.330. The van der Waals surface area contributed by atoms with Crippen molar-refractivity contribution >= 4 is 6.29 Å². The minimum absolute atomic E-state index is 0.321. The molecular formula is C20H40O. The van der Waals surface area contributed by atoms with Crippen molar-refractivity contribution in [2.45, 2.75) is 111 Å². The van der Waals surface area contributed by atoms with E-state index in [0.717, 1.165) is 18.8 Å². The van der Waals surface area contributed by atoms with Gasteiger partial charge in [0.15, 0.2) is 0 Å². The maximum atomic E-state index is 11.2. The maximum Gasteiger partial charge on any atom is 0.123 e. The number of rotatable bonds is 16. The third kappa shape index (κ3) is 14.4. The summed E-state index contributed by atoms with van der Waals surface area (Å²) in [6.45, 7) is 6.84. The fourth-order valence-electron chi connectivity index (χ4n) is 3.16. The fourth-order valence-corrected chi connectivity index (χ4v) is 3.16. The molecule has 0 radical (unpaired) electrons. The van der Waals surface area contributed by atoms with Gasteiger partial charge >= 0.3 is 0 Å². The predicted molar refractivity (Wildman–Crippen MR) is 94.7 cm³/mol. The summed E-state index contributed by atoms with van der Waals surface area (Å²) in [5.41, 5.74) is 0. The summed E-state index contributed by atoms with van der Waals surface area (Å²) in [7, 11) is 0. The van der Waals surface area contributed by atoms with Crippen LogP contribution < -0.4 is 0 Å². The second-order valence-corrected chi connectivity index (χ2v) is 7.00. The van der Waals surface area contributed by atoms with E-state index in [0.29, 0.717) is 5.92 Å². The van der Waals surface area contributed by atoms with Crippen LogP contribution in [0.1, 0.15) is 111 Å². The highest BCUT2D eigenvalue weighted by molar-refractivity contribution is 5.53. The van der Waals surface area contributed by atoms with E-state index >= 15 is 0 Å². The van der Waals surface area contributed by atoms with E-state index in [9.17, 15) is 4.79 Å². The number of unbranched alkanes of at least 4 members (excludes halogenated alkanes) is 9. The molecule has 0 bridgehead atoms. The molecule has 0 amide bonds. The van der Waals surface area contributed by atoms with E-state index in [2.05, 4.69) is 20.8 Å². The van der Waals surface area contributed by atoms with Crippen LogP contribution >= 0.6 is 0 Å². The number of carbonyl (C=O) groups is 1. The Labute approximate surface area is 134 Å². The molecule has 21 heavy (non-hydrogen) atoms. The Balaban J connectivity index is 3.51. The van der Waals surface area contributed by atoms with Crippen LogP contribution in [-0.2, 0) is 4.79 Å². The van der Waals surface area contributed by atoms with E-state index < -0.39 is 0 Å². The second kappa shape index (κ2) is 16.0. The Morgan fingerprint density at radius 1 is 0.714 bits per heavy atom. The average molecular weight is 297 g/mol. The van der Waals surface area contributed by atoms with Gasteiger partial charge in [-0.3, -0.25) is 0 Å². The van der Waals surface area contributed by atoms with Gasteiger partial charge < -0.3 is 4.79 Å². The van der Waals surface area contributed by atoms with Crippen LogP contribution in [0.15, 0.2) is 0 Å². The molecule has 0 aromatic heterocycles. The molecule has 126 valence electrons. The van der Waals surface area contributed by atoms with Crippen molar-refractivity contribution in [2.24, 2.45) is 11.8 Å². The van der Waals surface area contributed by atoms with Crippen molar-refractivity contribution in [2.75, 3.05) is 0 Å². The van der Waals surface area contributed by atoms with Gasteiger partial charge in [0.1, 0.15) is 6.29 Å². The van der Waals surface area contributed by atoms with Crippen LogP contribution in [0.5, 0.6) is 0 Å². The van der Waals surface area contributed by atoms with Gasteiger partial charge in [0, 0.05) is 5.92 Å². The molecule has 1 nitrogen and oxygen atoms in total. The molecule has 0 aliphatic carbocycles. The molecule has 0 heterocycles. The zero-order valence-corrected chi connectivity index (χ0v) is 15.0. The lowest BCUT2D eigenvalue weighted by Crippen LogP contribution is -2.08. The molecule has 0 saturated heterocycles. The molecular weight excluding hydrogens is 256 g/mol. The van der Waals surface area contributed by atoms with E-state index in [1.807, 2.05) is 0 Å². The molecule has 0 fully saturated rings. The molecule has 1 heteroatoms. The normalized spacial score (nSPS) is 14.0. The lowest BCUT2D eigenvalue weighted by atomic mass is 9.89. The second-order valence-electron chi connectivity index (χ2n) is 7.00. The van der Waals surface area contributed by atoms with Gasteiger partial charge in [-0.05, 0) is 18.8 Å². The molecule has 0 spiro atoms. The Morgan fingerprint density at radius 3 is 1.76 bits per heavy atom. The SMILES string of the molecule is CCCCCCCCCC(C)CC(C=O)CCCCCC. The van der Waals surface area contributed by atoms with Gasteiger partial charge in [-0.15, -0.1) is 0 Å². The van der Waals surface area contributed by atoms with E-state index in [-0.39, 0.29) is 0 Å². The molecule has 2 unspecified atom stereocenters. The predicted octanol–water partition coefficient (Wildman–Crippen LogP) is 6.94. The van der Waals surface area contributed by atoms with Crippen LogP contribution in [-0.4, -0.2) is 6.29 Å². The van der Waals surface area contributed by atoms with Crippen LogP contribution in [0, 0.1) is 11.8 Å². The number of carbonyl (C=O) groups excluding carboxylic acids is 1. The number of aldehydes is 1. The Morgan fingerprint density at radius 2 is 1.19 bits per heavy atom. The zero-order valence-electron chi connectivity index (χ0n) is 15.0. The molecule has 0 aliphatic rings. The van der Waals surface area contributed by atoms with Gasteiger partial charge in [0.05, 0.1) is 0 Å². The van der Waals surface area contributed by atoms with Crippen LogP contribution in [0.2, 0.25) is 0 Å². The van der Waals surface area contributed by atoms with Crippen LogP contribution in [0.3, 0.4) is 0 Å². The molecule has 0 aromatic carbocycles. The third-order valence-corrected chi connectivity index (χ3v) is 4.63. The Bertz CT molecular complexity index is 212. The third-order valence-electron chi connectivity index (χ3n) is 4.63. The van der Waals surface area contributed by atoms with Crippen molar-refractivity contribution in [3.63, 3.8) is 0 Å². The number of hydrogen-bond donors (Lipinski definition) is 0. The molecule has 0 aromatic rings. The summed E-state index contributed by atoms with van der Waals surface area (Å²) in [5.74, 6) is 1.04. The van der Waals surface area contributed by atoms with Gasteiger partial charge in [-0.2, -0.15) is 0 Å².